The van der Waals surface area contributed by atoms with Gasteiger partial charge in [-0.1, -0.05) is 28.1 Å². The van der Waals surface area contributed by atoms with E-state index < -0.39 is 0 Å². The Morgan fingerprint density at radius 1 is 0.919 bits per heavy atom. The molecule has 37 heavy (non-hydrogen) atoms. The molecule has 0 bridgehead atoms. The van der Waals surface area contributed by atoms with Gasteiger partial charge in [-0.2, -0.15) is 0 Å². The molecule has 1 aliphatic heterocycles. The minimum Gasteiger partial charge on any atom is -0.368 e. The number of hydrogen-bond donors (Lipinski definition) is 1. The Labute approximate surface area is 227 Å². The monoisotopic (exact) mass is 576 g/mol. The van der Waals surface area contributed by atoms with E-state index in [9.17, 15) is 14.4 Å². The highest BCUT2D eigenvalue weighted by Gasteiger charge is 2.22. The second-order valence-electron chi connectivity index (χ2n) is 9.09. The number of rotatable bonds is 5. The number of anilines is 1. The molecule has 5 rings (SSSR count). The van der Waals surface area contributed by atoms with Crippen LogP contribution in [-0.4, -0.2) is 52.3 Å². The Hall–Kier alpha value is -3.56. The summed E-state index contributed by atoms with van der Waals surface area (Å²) in [6.45, 7) is 4.55. The molecule has 9 heteroatoms. The van der Waals surface area contributed by atoms with E-state index in [1.54, 1.807) is 25.1 Å². The smallest absolute Gasteiger partial charge is 0.262 e. The van der Waals surface area contributed by atoms with Crippen molar-refractivity contribution >= 4 is 56.4 Å². The first-order chi connectivity index (χ1) is 17.8. The summed E-state index contributed by atoms with van der Waals surface area (Å²) >= 11 is 8.85. The molecule has 1 amide bonds. The summed E-state index contributed by atoms with van der Waals surface area (Å²) < 4.78 is 2.71. The molecular formula is C28H25BrN4O3S. The molecule has 2 heterocycles. The van der Waals surface area contributed by atoms with E-state index in [4.69, 9.17) is 12.2 Å². The lowest BCUT2D eigenvalue weighted by Gasteiger charge is -2.36. The van der Waals surface area contributed by atoms with Gasteiger partial charge in [0.2, 0.25) is 0 Å². The quantitative estimate of drug-likeness (QED) is 0.266. The van der Waals surface area contributed by atoms with Gasteiger partial charge in [0.1, 0.15) is 0 Å². The number of ketones is 1. The van der Waals surface area contributed by atoms with E-state index in [2.05, 4.69) is 25.8 Å². The van der Waals surface area contributed by atoms with Crippen LogP contribution in [0.4, 0.5) is 5.69 Å². The van der Waals surface area contributed by atoms with Crippen LogP contribution in [0, 0.1) is 4.77 Å². The van der Waals surface area contributed by atoms with Gasteiger partial charge in [0.15, 0.2) is 10.6 Å². The molecule has 3 aromatic carbocycles. The molecule has 1 saturated heterocycles. The molecule has 7 nitrogen and oxygen atoms in total. The van der Waals surface area contributed by atoms with Crippen molar-refractivity contribution < 1.29 is 9.59 Å². The van der Waals surface area contributed by atoms with Crippen molar-refractivity contribution in [2.24, 2.45) is 0 Å². The highest BCUT2D eigenvalue weighted by atomic mass is 79.9. The van der Waals surface area contributed by atoms with Gasteiger partial charge in [-0.15, -0.1) is 0 Å². The number of carbonyl (C=O) groups is 2. The van der Waals surface area contributed by atoms with E-state index in [0.29, 0.717) is 46.4 Å². The van der Waals surface area contributed by atoms with Gasteiger partial charge in [0, 0.05) is 47.5 Å². The summed E-state index contributed by atoms with van der Waals surface area (Å²) in [6, 6.07) is 20.4. The first kappa shape index (κ1) is 25.1. The molecular weight excluding hydrogens is 552 g/mol. The first-order valence-corrected chi connectivity index (χ1v) is 13.2. The SMILES string of the molecule is CC(=O)c1ccc(N2CCN(C(=O)c3ccc(Cn4c(=S)[nH]c5ccc(Br)cc5c4=O)cc3)CC2)cc1. The third kappa shape index (κ3) is 5.28. The highest BCUT2D eigenvalue weighted by molar-refractivity contribution is 9.10. The van der Waals surface area contributed by atoms with Crippen LogP contribution < -0.4 is 10.5 Å². The van der Waals surface area contributed by atoms with Crippen molar-refractivity contribution in [2.45, 2.75) is 13.5 Å². The first-order valence-electron chi connectivity index (χ1n) is 12.0. The fourth-order valence-corrected chi connectivity index (χ4v) is 5.18. The second kappa shape index (κ2) is 10.4. The average molecular weight is 578 g/mol. The maximum absolute atomic E-state index is 13.1. The van der Waals surface area contributed by atoms with E-state index in [0.717, 1.165) is 28.8 Å². The summed E-state index contributed by atoms with van der Waals surface area (Å²) in [5.41, 5.74) is 3.78. The topological polar surface area (TPSA) is 78.4 Å². The van der Waals surface area contributed by atoms with Crippen LogP contribution in [0.25, 0.3) is 10.9 Å². The summed E-state index contributed by atoms with van der Waals surface area (Å²) in [6.07, 6.45) is 0. The molecule has 0 radical (unpaired) electrons. The lowest BCUT2D eigenvalue weighted by molar-refractivity contribution is 0.0746. The number of H-pyrrole nitrogens is 1. The molecule has 0 unspecified atom stereocenters. The van der Waals surface area contributed by atoms with Crippen LogP contribution in [0.2, 0.25) is 0 Å². The fourth-order valence-electron chi connectivity index (χ4n) is 4.56. The largest absolute Gasteiger partial charge is 0.368 e. The summed E-state index contributed by atoms with van der Waals surface area (Å²) in [5, 5.41) is 0.559. The molecule has 0 saturated carbocycles. The lowest BCUT2D eigenvalue weighted by Crippen LogP contribution is -2.48. The predicted molar refractivity (Wildman–Crippen MR) is 151 cm³/mol. The van der Waals surface area contributed by atoms with Crippen LogP contribution in [0.5, 0.6) is 0 Å². The van der Waals surface area contributed by atoms with Gasteiger partial charge in [-0.3, -0.25) is 19.0 Å². The fraction of sp³-hybridized carbons (Fsp3) is 0.214. The van der Waals surface area contributed by atoms with Crippen molar-refractivity contribution in [3.63, 3.8) is 0 Å². The number of nitrogens with zero attached hydrogens (tertiary/aromatic N) is 3. The molecule has 0 spiro atoms. The second-order valence-corrected chi connectivity index (χ2v) is 10.4. The molecule has 4 aromatic rings. The number of aromatic amines is 1. The van der Waals surface area contributed by atoms with Gasteiger partial charge in [-0.25, -0.2) is 0 Å². The standard InChI is InChI=1S/C28H25BrN4O3S/c1-18(34)20-6-9-23(10-7-20)31-12-14-32(15-13-31)26(35)21-4-2-19(3-5-21)17-33-27(36)24-16-22(29)8-11-25(24)30-28(33)37/h2-11,16H,12-15,17H2,1H3,(H,30,37). The lowest BCUT2D eigenvalue weighted by atomic mass is 10.1. The number of fused-ring (bicyclic) bond motifs is 1. The van der Waals surface area contributed by atoms with Gasteiger partial charge < -0.3 is 14.8 Å². The van der Waals surface area contributed by atoms with Gasteiger partial charge in [0.05, 0.1) is 17.4 Å². The number of Topliss-reactive ketones (excluding diaryl/α,β-unsaturated/α-hetero) is 1. The van der Waals surface area contributed by atoms with Crippen LogP contribution in [0.3, 0.4) is 0 Å². The third-order valence-electron chi connectivity index (χ3n) is 6.69. The van der Waals surface area contributed by atoms with Gasteiger partial charge in [-0.05, 0) is 79.3 Å². The molecule has 1 aromatic heterocycles. The third-order valence-corrected chi connectivity index (χ3v) is 7.51. The maximum atomic E-state index is 13.1. The summed E-state index contributed by atoms with van der Waals surface area (Å²) in [5.74, 6) is 0.0385. The number of hydrogen-bond acceptors (Lipinski definition) is 5. The van der Waals surface area contributed by atoms with Crippen LogP contribution in [0.15, 0.2) is 76.0 Å². The maximum Gasteiger partial charge on any atom is 0.262 e. The van der Waals surface area contributed by atoms with Crippen LogP contribution in [0.1, 0.15) is 33.2 Å². The number of carbonyl (C=O) groups excluding carboxylic acids is 2. The number of benzene rings is 3. The Bertz CT molecular complexity index is 1600. The van der Waals surface area contributed by atoms with Gasteiger partial charge in [0.25, 0.3) is 11.5 Å². The zero-order valence-electron chi connectivity index (χ0n) is 20.2. The molecule has 1 N–H and O–H groups in total. The Balaban J connectivity index is 1.25. The number of halogens is 1. The zero-order valence-corrected chi connectivity index (χ0v) is 22.6. The Morgan fingerprint density at radius 2 is 1.57 bits per heavy atom. The minimum absolute atomic E-state index is 0.0110. The van der Waals surface area contributed by atoms with Crippen molar-refractivity contribution in [1.82, 2.24) is 14.5 Å². The van der Waals surface area contributed by atoms with E-state index >= 15 is 0 Å². The van der Waals surface area contributed by atoms with Crippen molar-refractivity contribution in [2.75, 3.05) is 31.1 Å². The number of nitrogens with one attached hydrogen (secondary N) is 1. The van der Waals surface area contributed by atoms with E-state index in [1.165, 1.54) is 4.57 Å². The molecule has 0 atom stereocenters. The van der Waals surface area contributed by atoms with Crippen molar-refractivity contribution in [3.05, 3.63) is 103 Å². The minimum atomic E-state index is -0.158. The van der Waals surface area contributed by atoms with Crippen molar-refractivity contribution in [3.8, 4) is 0 Å². The Kier molecular flexibility index (Phi) is 7.08. The molecule has 0 aliphatic carbocycles. The summed E-state index contributed by atoms with van der Waals surface area (Å²) in [4.78, 5) is 44.9. The predicted octanol–water partition coefficient (Wildman–Crippen LogP) is 5.03. The van der Waals surface area contributed by atoms with E-state index in [-0.39, 0.29) is 17.2 Å². The highest BCUT2D eigenvalue weighted by Crippen LogP contribution is 2.19. The number of piperazine rings is 1. The van der Waals surface area contributed by atoms with Crippen LogP contribution in [-0.2, 0) is 6.54 Å². The number of aromatic nitrogens is 2. The van der Waals surface area contributed by atoms with Gasteiger partial charge >= 0.3 is 0 Å². The molecule has 188 valence electrons. The van der Waals surface area contributed by atoms with Crippen molar-refractivity contribution in [1.29, 1.82) is 0 Å². The normalized spacial score (nSPS) is 13.7. The molecule has 1 aliphatic rings. The zero-order chi connectivity index (χ0) is 26.1. The van der Waals surface area contributed by atoms with Crippen LogP contribution >= 0.6 is 28.1 Å². The molecule has 1 fully saturated rings. The number of amides is 1. The average Bonchev–Trinajstić information content (AvgIpc) is 2.91. The Morgan fingerprint density at radius 3 is 2.22 bits per heavy atom. The van der Waals surface area contributed by atoms with E-state index in [1.807, 2.05) is 53.4 Å². The summed E-state index contributed by atoms with van der Waals surface area (Å²) in [7, 11) is 0.